The number of aryl methyl sites for hydroxylation is 1. The fraction of sp³-hybridized carbons (Fsp3) is 0.235. The summed E-state index contributed by atoms with van der Waals surface area (Å²) in [5.41, 5.74) is 0.277. The summed E-state index contributed by atoms with van der Waals surface area (Å²) in [6.07, 6.45) is -3.19. The van der Waals surface area contributed by atoms with Crippen LogP contribution in [0.1, 0.15) is 16.1 Å². The second kappa shape index (κ2) is 7.03. The number of thiazole rings is 1. The average Bonchev–Trinajstić information content (AvgIpc) is 3.18. The predicted octanol–water partition coefficient (Wildman–Crippen LogP) is 3.95. The molecule has 3 aromatic rings. The molecule has 0 saturated heterocycles. The van der Waals surface area contributed by atoms with Gasteiger partial charge in [0.1, 0.15) is 5.57 Å². The van der Waals surface area contributed by atoms with Crippen molar-refractivity contribution in [1.29, 1.82) is 0 Å². The number of alkyl halides is 3. The molecule has 10 heteroatoms. The molecule has 0 aliphatic rings. The fourth-order valence-electron chi connectivity index (χ4n) is 2.47. The molecule has 6 nitrogen and oxygen atoms in total. The van der Waals surface area contributed by atoms with Gasteiger partial charge >= 0.3 is 12.1 Å². The Morgan fingerprint density at radius 1 is 1.30 bits per heavy atom. The maximum atomic E-state index is 12.9. The average molecular weight is 397 g/mol. The molecule has 0 atom stereocenters. The van der Waals surface area contributed by atoms with Crippen LogP contribution >= 0.6 is 11.3 Å². The number of esters is 1. The molecule has 0 aliphatic heterocycles. The standard InChI is InChI=1S/C17H14F3N3O3S/c1-9-13(12(8-25-2)15(24)26-3)27-16-21-14(22-23(9)16)10-5-4-6-11(7-10)17(18,19)20/h4-8H,1-3H3/b12-8+. The van der Waals surface area contributed by atoms with Crippen LogP contribution in [0.4, 0.5) is 13.2 Å². The van der Waals surface area contributed by atoms with E-state index in [9.17, 15) is 18.0 Å². The van der Waals surface area contributed by atoms with E-state index < -0.39 is 17.7 Å². The Morgan fingerprint density at radius 2 is 2.04 bits per heavy atom. The molecule has 3 rings (SSSR count). The highest BCUT2D eigenvalue weighted by atomic mass is 32.1. The SMILES string of the molecule is CO/C=C(/C(=O)OC)c1sc2nc(-c3cccc(C(F)(F)F)c3)nn2c1C. The highest BCUT2D eigenvalue weighted by Crippen LogP contribution is 2.33. The molecule has 142 valence electrons. The van der Waals surface area contributed by atoms with Crippen molar-refractivity contribution < 1.29 is 27.4 Å². The Balaban J connectivity index is 2.06. The maximum absolute atomic E-state index is 12.9. The molecule has 0 radical (unpaired) electrons. The number of methoxy groups -OCH3 is 2. The third-order valence-electron chi connectivity index (χ3n) is 3.75. The molecule has 0 bridgehead atoms. The first kappa shape index (κ1) is 18.9. The third kappa shape index (κ3) is 3.52. The van der Waals surface area contributed by atoms with Crippen LogP contribution in [0, 0.1) is 6.92 Å². The summed E-state index contributed by atoms with van der Waals surface area (Å²) < 4.78 is 49.9. The van der Waals surface area contributed by atoms with Crippen molar-refractivity contribution >= 4 is 27.8 Å². The van der Waals surface area contributed by atoms with Crippen LogP contribution < -0.4 is 0 Å². The molecule has 2 aromatic heterocycles. The first-order chi connectivity index (χ1) is 12.8. The number of carbonyl (C=O) groups excluding carboxylic acids is 1. The van der Waals surface area contributed by atoms with Gasteiger partial charge in [-0.1, -0.05) is 23.5 Å². The first-order valence-corrected chi connectivity index (χ1v) is 8.43. The number of aromatic nitrogens is 3. The van der Waals surface area contributed by atoms with E-state index in [0.717, 1.165) is 23.5 Å². The van der Waals surface area contributed by atoms with Gasteiger partial charge in [-0.25, -0.2) is 9.31 Å². The Hall–Kier alpha value is -2.88. The summed E-state index contributed by atoms with van der Waals surface area (Å²) in [7, 11) is 2.66. The molecule has 0 fully saturated rings. The second-order valence-corrected chi connectivity index (χ2v) is 6.46. The van der Waals surface area contributed by atoms with Gasteiger partial charge in [0.25, 0.3) is 0 Å². The number of rotatable bonds is 4. The van der Waals surface area contributed by atoms with Crippen LogP contribution in [-0.2, 0) is 20.4 Å². The second-order valence-electron chi connectivity index (χ2n) is 5.48. The van der Waals surface area contributed by atoms with Gasteiger partial charge in [-0.3, -0.25) is 0 Å². The van der Waals surface area contributed by atoms with Crippen LogP contribution in [0.25, 0.3) is 21.9 Å². The lowest BCUT2D eigenvalue weighted by Gasteiger charge is -2.07. The number of hydrogen-bond acceptors (Lipinski definition) is 6. The Labute approximate surface area is 155 Å². The summed E-state index contributed by atoms with van der Waals surface area (Å²) in [6, 6.07) is 4.81. The van der Waals surface area contributed by atoms with E-state index in [0.29, 0.717) is 15.5 Å². The van der Waals surface area contributed by atoms with E-state index in [1.165, 1.54) is 37.1 Å². The number of hydrogen-bond donors (Lipinski definition) is 0. The molecule has 0 N–H and O–H groups in total. The summed E-state index contributed by atoms with van der Waals surface area (Å²) in [4.78, 5) is 17.2. The van der Waals surface area contributed by atoms with Crippen LogP contribution in [0.5, 0.6) is 0 Å². The number of carbonyl (C=O) groups is 1. The van der Waals surface area contributed by atoms with Crippen LogP contribution in [0.15, 0.2) is 30.5 Å². The van der Waals surface area contributed by atoms with Gasteiger partial charge in [-0.2, -0.15) is 18.2 Å². The van der Waals surface area contributed by atoms with Crippen LogP contribution in [0.2, 0.25) is 0 Å². The quantitative estimate of drug-likeness (QED) is 0.379. The zero-order valence-corrected chi connectivity index (χ0v) is 15.3. The molecule has 0 unspecified atom stereocenters. The normalized spacial score (nSPS) is 12.4. The van der Waals surface area contributed by atoms with E-state index in [1.54, 1.807) is 6.92 Å². The van der Waals surface area contributed by atoms with Crippen molar-refractivity contribution in [3.63, 3.8) is 0 Å². The lowest BCUT2D eigenvalue weighted by molar-refractivity contribution is -0.137. The molecule has 1 aromatic carbocycles. The van der Waals surface area contributed by atoms with Gasteiger partial charge in [-0.15, -0.1) is 5.10 Å². The van der Waals surface area contributed by atoms with E-state index in [2.05, 4.69) is 10.1 Å². The molecule has 27 heavy (non-hydrogen) atoms. The monoisotopic (exact) mass is 397 g/mol. The van der Waals surface area contributed by atoms with E-state index >= 15 is 0 Å². The molecule has 0 aliphatic carbocycles. The minimum absolute atomic E-state index is 0.164. The predicted molar refractivity (Wildman–Crippen MR) is 93.0 cm³/mol. The highest BCUT2D eigenvalue weighted by Gasteiger charge is 2.31. The lowest BCUT2D eigenvalue weighted by Crippen LogP contribution is -2.05. The topological polar surface area (TPSA) is 65.7 Å². The summed E-state index contributed by atoms with van der Waals surface area (Å²) in [5.74, 6) is -0.417. The van der Waals surface area contributed by atoms with Crippen LogP contribution in [0.3, 0.4) is 0 Å². The molecule has 0 saturated carbocycles. The summed E-state index contributed by atoms with van der Waals surface area (Å²) >= 11 is 1.16. The fourth-order valence-corrected chi connectivity index (χ4v) is 3.53. The largest absolute Gasteiger partial charge is 0.503 e. The number of benzene rings is 1. The van der Waals surface area contributed by atoms with Crippen molar-refractivity contribution in [1.82, 2.24) is 14.6 Å². The van der Waals surface area contributed by atoms with Crippen molar-refractivity contribution in [2.45, 2.75) is 13.1 Å². The summed E-state index contributed by atoms with van der Waals surface area (Å²) in [6.45, 7) is 1.72. The van der Waals surface area contributed by atoms with Crippen molar-refractivity contribution in [3.05, 3.63) is 46.7 Å². The smallest absolute Gasteiger partial charge is 0.416 e. The Morgan fingerprint density at radius 3 is 2.63 bits per heavy atom. The molecular formula is C17H14F3N3O3S. The maximum Gasteiger partial charge on any atom is 0.416 e. The first-order valence-electron chi connectivity index (χ1n) is 7.61. The minimum Gasteiger partial charge on any atom is -0.503 e. The number of ether oxygens (including phenoxy) is 2. The van der Waals surface area contributed by atoms with Crippen molar-refractivity contribution in [2.75, 3.05) is 14.2 Å². The van der Waals surface area contributed by atoms with Crippen molar-refractivity contribution in [2.24, 2.45) is 0 Å². The number of nitrogens with zero attached hydrogens (tertiary/aromatic N) is 3. The van der Waals surface area contributed by atoms with Gasteiger partial charge in [0.15, 0.2) is 5.82 Å². The van der Waals surface area contributed by atoms with E-state index in [-0.39, 0.29) is 17.0 Å². The Kier molecular flexibility index (Phi) is 4.92. The number of fused-ring (bicyclic) bond motifs is 1. The third-order valence-corrected chi connectivity index (χ3v) is 4.92. The zero-order chi connectivity index (χ0) is 19.8. The van der Waals surface area contributed by atoms with Gasteiger partial charge in [0.05, 0.1) is 36.6 Å². The minimum atomic E-state index is -4.45. The molecule has 2 heterocycles. The van der Waals surface area contributed by atoms with E-state index in [1.807, 2.05) is 0 Å². The van der Waals surface area contributed by atoms with Crippen LogP contribution in [-0.4, -0.2) is 34.8 Å². The van der Waals surface area contributed by atoms with Gasteiger partial charge in [0, 0.05) is 5.56 Å². The molecule has 0 spiro atoms. The van der Waals surface area contributed by atoms with Gasteiger partial charge in [0.2, 0.25) is 4.96 Å². The summed E-state index contributed by atoms with van der Waals surface area (Å²) in [5, 5.41) is 4.28. The van der Waals surface area contributed by atoms with Gasteiger partial charge < -0.3 is 9.47 Å². The zero-order valence-electron chi connectivity index (χ0n) is 14.5. The number of halogens is 3. The lowest BCUT2D eigenvalue weighted by atomic mass is 10.1. The molecule has 0 amide bonds. The van der Waals surface area contributed by atoms with Gasteiger partial charge in [-0.05, 0) is 19.1 Å². The van der Waals surface area contributed by atoms with E-state index in [4.69, 9.17) is 9.47 Å². The molecular weight excluding hydrogens is 383 g/mol. The highest BCUT2D eigenvalue weighted by molar-refractivity contribution is 7.18. The Bertz CT molecular complexity index is 1040. The van der Waals surface area contributed by atoms with Crippen molar-refractivity contribution in [3.8, 4) is 11.4 Å².